The number of hydrogen-bond acceptors (Lipinski definition) is 1. The van der Waals surface area contributed by atoms with E-state index in [-0.39, 0.29) is 11.8 Å². The first kappa shape index (κ1) is 14.6. The van der Waals surface area contributed by atoms with Gasteiger partial charge in [-0.1, -0.05) is 54.9 Å². The highest BCUT2D eigenvalue weighted by atomic mass is 35.5. The molecule has 0 radical (unpaired) electrons. The molecule has 2 rings (SSSR count). The average Bonchev–Trinajstić information content (AvgIpc) is 2.43. The minimum Gasteiger partial charge on any atom is -0.326 e. The van der Waals surface area contributed by atoms with Gasteiger partial charge in [0, 0.05) is 17.1 Å². The fourth-order valence-corrected chi connectivity index (χ4v) is 2.28. The number of carbonyl (C=O) groups excluding carboxylic acids is 1. The smallest absolute Gasteiger partial charge is 0.224 e. The monoisotopic (exact) mass is 287 g/mol. The quantitative estimate of drug-likeness (QED) is 0.861. The lowest BCUT2D eigenvalue weighted by Gasteiger charge is -2.13. The van der Waals surface area contributed by atoms with Gasteiger partial charge >= 0.3 is 0 Å². The van der Waals surface area contributed by atoms with Crippen molar-refractivity contribution in [1.29, 1.82) is 0 Å². The van der Waals surface area contributed by atoms with Crippen molar-refractivity contribution in [2.45, 2.75) is 26.2 Å². The summed E-state index contributed by atoms with van der Waals surface area (Å²) < 4.78 is 0. The highest BCUT2D eigenvalue weighted by molar-refractivity contribution is 6.31. The summed E-state index contributed by atoms with van der Waals surface area (Å²) in [7, 11) is 0. The van der Waals surface area contributed by atoms with Crippen molar-refractivity contribution in [3.8, 4) is 0 Å². The Labute approximate surface area is 124 Å². The zero-order chi connectivity index (χ0) is 14.5. The number of rotatable bonds is 4. The van der Waals surface area contributed by atoms with Crippen molar-refractivity contribution in [2.24, 2.45) is 0 Å². The largest absolute Gasteiger partial charge is 0.326 e. The predicted molar refractivity (Wildman–Crippen MR) is 84.3 cm³/mol. The van der Waals surface area contributed by atoms with E-state index in [1.54, 1.807) is 6.07 Å². The van der Waals surface area contributed by atoms with Crippen molar-refractivity contribution >= 4 is 23.2 Å². The maximum Gasteiger partial charge on any atom is 0.224 e. The molecule has 0 aliphatic rings. The number of halogens is 1. The van der Waals surface area contributed by atoms with Gasteiger partial charge in [-0.15, -0.1) is 0 Å². The molecule has 0 saturated heterocycles. The molecule has 2 aromatic carbocycles. The van der Waals surface area contributed by atoms with Crippen molar-refractivity contribution in [3.63, 3.8) is 0 Å². The van der Waals surface area contributed by atoms with Gasteiger partial charge in [0.1, 0.15) is 0 Å². The van der Waals surface area contributed by atoms with E-state index >= 15 is 0 Å². The van der Waals surface area contributed by atoms with Crippen LogP contribution >= 0.6 is 11.6 Å². The van der Waals surface area contributed by atoms with Gasteiger partial charge in [0.2, 0.25) is 5.91 Å². The summed E-state index contributed by atoms with van der Waals surface area (Å²) in [6, 6.07) is 15.5. The molecule has 0 saturated carbocycles. The topological polar surface area (TPSA) is 29.1 Å². The van der Waals surface area contributed by atoms with E-state index in [1.165, 1.54) is 5.56 Å². The van der Waals surface area contributed by atoms with Crippen molar-refractivity contribution in [3.05, 3.63) is 64.7 Å². The first-order valence-corrected chi connectivity index (χ1v) is 7.05. The number of hydrogen-bond donors (Lipinski definition) is 1. The van der Waals surface area contributed by atoms with Gasteiger partial charge in [-0.3, -0.25) is 4.79 Å². The first-order valence-electron chi connectivity index (χ1n) is 6.67. The fraction of sp³-hybridized carbons (Fsp3) is 0.235. The fourth-order valence-electron chi connectivity index (χ4n) is 2.11. The Hall–Kier alpha value is -1.80. The van der Waals surface area contributed by atoms with Crippen LogP contribution in [0.5, 0.6) is 0 Å². The van der Waals surface area contributed by atoms with Crippen LogP contribution in [0, 0.1) is 6.92 Å². The molecule has 104 valence electrons. The molecule has 1 amide bonds. The number of benzene rings is 2. The first-order chi connectivity index (χ1) is 9.56. The molecule has 1 N–H and O–H groups in total. The molecule has 1 atom stereocenters. The van der Waals surface area contributed by atoms with E-state index < -0.39 is 0 Å². The Bertz CT molecular complexity index is 595. The standard InChI is InChI=1S/C17H18ClNO/c1-12-8-9-15(18)11-16(12)19-17(20)10-13(2)14-6-4-3-5-7-14/h3-9,11,13H,10H2,1-2H3,(H,19,20). The molecule has 0 heterocycles. The third-order valence-electron chi connectivity index (χ3n) is 3.33. The summed E-state index contributed by atoms with van der Waals surface area (Å²) in [6.07, 6.45) is 0.454. The second-order valence-electron chi connectivity index (χ2n) is 5.02. The SMILES string of the molecule is Cc1ccc(Cl)cc1NC(=O)CC(C)c1ccccc1. The van der Waals surface area contributed by atoms with E-state index in [0.29, 0.717) is 11.4 Å². The third kappa shape index (κ3) is 3.84. The highest BCUT2D eigenvalue weighted by Crippen LogP contribution is 2.22. The van der Waals surface area contributed by atoms with Crippen LogP contribution in [0.1, 0.15) is 30.4 Å². The minimum atomic E-state index is 0.00622. The number of amides is 1. The Morgan fingerprint density at radius 2 is 1.90 bits per heavy atom. The molecule has 0 bridgehead atoms. The van der Waals surface area contributed by atoms with Gasteiger partial charge in [-0.05, 0) is 36.1 Å². The maximum atomic E-state index is 12.1. The molecule has 0 spiro atoms. The van der Waals surface area contributed by atoms with Gasteiger partial charge < -0.3 is 5.32 Å². The second-order valence-corrected chi connectivity index (χ2v) is 5.46. The van der Waals surface area contributed by atoms with Gasteiger partial charge in [0.05, 0.1) is 0 Å². The summed E-state index contributed by atoms with van der Waals surface area (Å²) in [5.74, 6) is 0.197. The van der Waals surface area contributed by atoms with Crippen molar-refractivity contribution < 1.29 is 4.79 Å². The van der Waals surface area contributed by atoms with Crippen molar-refractivity contribution in [1.82, 2.24) is 0 Å². The van der Waals surface area contributed by atoms with Gasteiger partial charge in [0.25, 0.3) is 0 Å². The van der Waals surface area contributed by atoms with Crippen LogP contribution in [-0.2, 0) is 4.79 Å². The molecule has 1 unspecified atom stereocenters. The van der Waals surface area contributed by atoms with Crippen molar-refractivity contribution in [2.75, 3.05) is 5.32 Å². The molecule has 0 aromatic heterocycles. The van der Waals surface area contributed by atoms with Crippen LogP contribution in [-0.4, -0.2) is 5.91 Å². The summed E-state index contributed by atoms with van der Waals surface area (Å²) in [5.41, 5.74) is 2.96. The normalized spacial score (nSPS) is 11.9. The van der Waals surface area contributed by atoms with Crippen LogP contribution in [0.25, 0.3) is 0 Å². The Kier molecular flexibility index (Phi) is 4.80. The molecular weight excluding hydrogens is 270 g/mol. The predicted octanol–water partition coefficient (Wildman–Crippen LogP) is 4.78. The molecule has 2 nitrogen and oxygen atoms in total. The molecule has 20 heavy (non-hydrogen) atoms. The zero-order valence-electron chi connectivity index (χ0n) is 11.7. The summed E-state index contributed by atoms with van der Waals surface area (Å²) in [5, 5.41) is 3.56. The summed E-state index contributed by atoms with van der Waals surface area (Å²) in [4.78, 5) is 12.1. The lowest BCUT2D eigenvalue weighted by molar-refractivity contribution is -0.116. The number of anilines is 1. The highest BCUT2D eigenvalue weighted by Gasteiger charge is 2.12. The maximum absolute atomic E-state index is 12.1. The van der Waals surface area contributed by atoms with E-state index in [2.05, 4.69) is 12.2 Å². The molecule has 0 aliphatic heterocycles. The number of nitrogens with one attached hydrogen (secondary N) is 1. The van der Waals surface area contributed by atoms with E-state index in [0.717, 1.165) is 11.3 Å². The van der Waals surface area contributed by atoms with E-state index in [1.807, 2.05) is 49.4 Å². The Morgan fingerprint density at radius 3 is 2.60 bits per heavy atom. The van der Waals surface area contributed by atoms with E-state index in [9.17, 15) is 4.79 Å². The lowest BCUT2D eigenvalue weighted by atomic mass is 9.97. The van der Waals surface area contributed by atoms with Crippen LogP contribution in [0.15, 0.2) is 48.5 Å². The Balaban J connectivity index is 2.01. The molecule has 0 aliphatic carbocycles. The van der Waals surface area contributed by atoms with Gasteiger partial charge in [0.15, 0.2) is 0 Å². The Morgan fingerprint density at radius 1 is 1.20 bits per heavy atom. The summed E-state index contributed by atoms with van der Waals surface area (Å²) >= 11 is 5.95. The molecule has 0 fully saturated rings. The van der Waals surface area contributed by atoms with Crippen LogP contribution in [0.2, 0.25) is 5.02 Å². The number of aryl methyl sites for hydroxylation is 1. The minimum absolute atomic E-state index is 0.00622. The van der Waals surface area contributed by atoms with Gasteiger partial charge in [-0.25, -0.2) is 0 Å². The van der Waals surface area contributed by atoms with E-state index in [4.69, 9.17) is 11.6 Å². The second kappa shape index (κ2) is 6.58. The van der Waals surface area contributed by atoms with Crippen LogP contribution in [0.3, 0.4) is 0 Å². The lowest BCUT2D eigenvalue weighted by Crippen LogP contribution is -2.15. The van der Waals surface area contributed by atoms with Crippen LogP contribution in [0.4, 0.5) is 5.69 Å². The van der Waals surface area contributed by atoms with Crippen LogP contribution < -0.4 is 5.32 Å². The summed E-state index contributed by atoms with van der Waals surface area (Å²) in [6.45, 7) is 4.01. The molecular formula is C17H18ClNO. The number of carbonyl (C=O) groups is 1. The zero-order valence-corrected chi connectivity index (χ0v) is 12.4. The molecule has 3 heteroatoms. The average molecular weight is 288 g/mol. The molecule has 2 aromatic rings. The third-order valence-corrected chi connectivity index (χ3v) is 3.57. The van der Waals surface area contributed by atoms with Gasteiger partial charge in [-0.2, -0.15) is 0 Å².